The van der Waals surface area contributed by atoms with E-state index in [4.69, 9.17) is 5.14 Å². The molecule has 0 bridgehead atoms. The van der Waals surface area contributed by atoms with Crippen molar-refractivity contribution in [1.82, 2.24) is 10.3 Å². The van der Waals surface area contributed by atoms with E-state index in [2.05, 4.69) is 15.6 Å². The van der Waals surface area contributed by atoms with Gasteiger partial charge in [0.05, 0.1) is 23.2 Å². The van der Waals surface area contributed by atoms with Crippen LogP contribution < -0.4 is 15.8 Å². The average Bonchev–Trinajstić information content (AvgIpc) is 2.27. The molecule has 0 radical (unpaired) electrons. The summed E-state index contributed by atoms with van der Waals surface area (Å²) in [7, 11) is -1.90. The number of pyridine rings is 1. The van der Waals surface area contributed by atoms with E-state index >= 15 is 0 Å². The molecule has 0 saturated carbocycles. The van der Waals surface area contributed by atoms with Crippen LogP contribution in [0.25, 0.3) is 0 Å². The third-order valence-corrected chi connectivity index (χ3v) is 2.78. The fraction of sp³-hybridized carbons (Fsp3) is 0.333. The first kappa shape index (κ1) is 13.4. The number of aromatic nitrogens is 1. The van der Waals surface area contributed by atoms with E-state index in [1.165, 1.54) is 18.5 Å². The number of nitrogens with one attached hydrogen (secondary N) is 2. The van der Waals surface area contributed by atoms with Gasteiger partial charge in [-0.3, -0.25) is 9.78 Å². The molecule has 1 amide bonds. The highest BCUT2D eigenvalue weighted by molar-refractivity contribution is 7.89. The standard InChI is InChI=1S/C9H14N4O3S/c1-11-8-6-12-3-2-7(8)9(14)13-4-5-17(10,15)16/h2-3,6,11H,4-5H2,1H3,(H,13,14)(H2,10,15,16). The normalized spacial score (nSPS) is 10.9. The predicted molar refractivity (Wildman–Crippen MR) is 64.1 cm³/mol. The molecule has 0 atom stereocenters. The molecule has 1 aromatic heterocycles. The summed E-state index contributed by atoms with van der Waals surface area (Å²) in [6.45, 7) is -0.0247. The van der Waals surface area contributed by atoms with E-state index in [0.717, 1.165) is 0 Å². The lowest BCUT2D eigenvalue weighted by Crippen LogP contribution is -2.31. The van der Waals surface area contributed by atoms with Crippen LogP contribution >= 0.6 is 0 Å². The number of nitrogens with zero attached hydrogens (tertiary/aromatic N) is 1. The third kappa shape index (κ3) is 4.37. The van der Waals surface area contributed by atoms with E-state index in [1.54, 1.807) is 7.05 Å². The van der Waals surface area contributed by atoms with Gasteiger partial charge in [-0.05, 0) is 6.07 Å². The van der Waals surface area contributed by atoms with Crippen molar-refractivity contribution >= 4 is 21.6 Å². The maximum absolute atomic E-state index is 11.7. The highest BCUT2D eigenvalue weighted by Gasteiger charge is 2.11. The first-order valence-electron chi connectivity index (χ1n) is 4.84. The smallest absolute Gasteiger partial charge is 0.253 e. The zero-order valence-corrected chi connectivity index (χ0v) is 10.1. The Morgan fingerprint density at radius 1 is 1.53 bits per heavy atom. The van der Waals surface area contributed by atoms with E-state index in [0.29, 0.717) is 11.3 Å². The lowest BCUT2D eigenvalue weighted by Gasteiger charge is -2.08. The van der Waals surface area contributed by atoms with Gasteiger partial charge in [-0.2, -0.15) is 0 Å². The summed E-state index contributed by atoms with van der Waals surface area (Å²) in [5.41, 5.74) is 0.970. The molecule has 0 saturated heterocycles. The van der Waals surface area contributed by atoms with E-state index in [9.17, 15) is 13.2 Å². The fourth-order valence-electron chi connectivity index (χ4n) is 1.19. The molecule has 1 aromatic rings. The van der Waals surface area contributed by atoms with E-state index in [1.807, 2.05) is 0 Å². The maximum atomic E-state index is 11.7. The van der Waals surface area contributed by atoms with Gasteiger partial charge in [-0.15, -0.1) is 0 Å². The molecule has 4 N–H and O–H groups in total. The number of hydrogen-bond donors (Lipinski definition) is 3. The molecule has 0 aliphatic rings. The Bertz CT molecular complexity index is 501. The molecule has 94 valence electrons. The molecule has 8 heteroatoms. The number of carbonyl (C=O) groups is 1. The van der Waals surface area contributed by atoms with Gasteiger partial charge in [0.1, 0.15) is 0 Å². The Kier molecular flexibility index (Phi) is 4.41. The van der Waals surface area contributed by atoms with Crippen LogP contribution in [0.3, 0.4) is 0 Å². The van der Waals surface area contributed by atoms with Gasteiger partial charge in [0.2, 0.25) is 10.0 Å². The lowest BCUT2D eigenvalue weighted by molar-refractivity contribution is 0.0957. The van der Waals surface area contributed by atoms with Crippen LogP contribution in [0.2, 0.25) is 0 Å². The SMILES string of the molecule is CNc1cnccc1C(=O)NCCS(N)(=O)=O. The Morgan fingerprint density at radius 3 is 2.82 bits per heavy atom. The lowest BCUT2D eigenvalue weighted by atomic mass is 10.2. The number of sulfonamides is 1. The van der Waals surface area contributed by atoms with Gasteiger partial charge in [0, 0.05) is 19.8 Å². The summed E-state index contributed by atoms with van der Waals surface area (Å²) in [5.74, 6) is -0.668. The predicted octanol–water partition coefficient (Wildman–Crippen LogP) is -0.858. The van der Waals surface area contributed by atoms with Crippen molar-refractivity contribution in [1.29, 1.82) is 0 Å². The van der Waals surface area contributed by atoms with Crippen LogP contribution in [0.1, 0.15) is 10.4 Å². The summed E-state index contributed by atoms with van der Waals surface area (Å²) in [4.78, 5) is 15.6. The number of carbonyl (C=O) groups excluding carboxylic acids is 1. The summed E-state index contributed by atoms with van der Waals surface area (Å²) < 4.78 is 21.4. The average molecular weight is 258 g/mol. The van der Waals surface area contributed by atoms with Crippen LogP contribution in [-0.4, -0.2) is 38.7 Å². The second-order valence-electron chi connectivity index (χ2n) is 3.29. The zero-order chi connectivity index (χ0) is 12.9. The molecular weight excluding hydrogens is 244 g/mol. The van der Waals surface area contributed by atoms with Crippen molar-refractivity contribution in [2.45, 2.75) is 0 Å². The molecule has 17 heavy (non-hydrogen) atoms. The molecule has 1 rings (SSSR count). The van der Waals surface area contributed by atoms with E-state index in [-0.39, 0.29) is 18.2 Å². The van der Waals surface area contributed by atoms with Crippen LogP contribution in [0.4, 0.5) is 5.69 Å². The Hall–Kier alpha value is -1.67. The summed E-state index contributed by atoms with van der Waals surface area (Å²) in [5, 5.41) is 10.1. The zero-order valence-electron chi connectivity index (χ0n) is 9.30. The molecule has 0 aromatic carbocycles. The Balaban J connectivity index is 2.64. The van der Waals surface area contributed by atoms with Gasteiger partial charge in [-0.25, -0.2) is 13.6 Å². The molecule has 1 heterocycles. The van der Waals surface area contributed by atoms with Crippen molar-refractivity contribution in [3.05, 3.63) is 24.0 Å². The minimum atomic E-state index is -3.56. The second kappa shape index (κ2) is 5.60. The van der Waals surface area contributed by atoms with Crippen LogP contribution in [-0.2, 0) is 10.0 Å². The van der Waals surface area contributed by atoms with Crippen molar-refractivity contribution in [3.8, 4) is 0 Å². The van der Waals surface area contributed by atoms with Crippen molar-refractivity contribution < 1.29 is 13.2 Å². The molecule has 0 spiro atoms. The second-order valence-corrected chi connectivity index (χ2v) is 5.03. The molecular formula is C9H14N4O3S. The number of anilines is 1. The number of rotatable bonds is 5. The van der Waals surface area contributed by atoms with Crippen LogP contribution in [0, 0.1) is 0 Å². The van der Waals surface area contributed by atoms with Gasteiger partial charge < -0.3 is 10.6 Å². The Morgan fingerprint density at radius 2 is 2.24 bits per heavy atom. The van der Waals surface area contributed by atoms with Crippen molar-refractivity contribution in [2.24, 2.45) is 5.14 Å². The molecule has 0 fully saturated rings. The fourth-order valence-corrected chi connectivity index (χ4v) is 1.58. The number of amides is 1. The minimum absolute atomic E-state index is 0.0247. The first-order chi connectivity index (χ1) is 7.94. The van der Waals surface area contributed by atoms with Gasteiger partial charge >= 0.3 is 0 Å². The largest absolute Gasteiger partial charge is 0.386 e. The van der Waals surface area contributed by atoms with Crippen molar-refractivity contribution in [2.75, 3.05) is 24.7 Å². The van der Waals surface area contributed by atoms with Crippen LogP contribution in [0.5, 0.6) is 0 Å². The highest BCUT2D eigenvalue weighted by Crippen LogP contribution is 2.11. The number of primary sulfonamides is 1. The minimum Gasteiger partial charge on any atom is -0.386 e. The topological polar surface area (TPSA) is 114 Å². The summed E-state index contributed by atoms with van der Waals surface area (Å²) in [6.07, 6.45) is 2.99. The van der Waals surface area contributed by atoms with Gasteiger partial charge in [0.25, 0.3) is 5.91 Å². The Labute approximate surface area is 99.5 Å². The third-order valence-electron chi connectivity index (χ3n) is 2.01. The van der Waals surface area contributed by atoms with Crippen molar-refractivity contribution in [3.63, 3.8) is 0 Å². The molecule has 7 nitrogen and oxygen atoms in total. The highest BCUT2D eigenvalue weighted by atomic mass is 32.2. The molecule has 0 aliphatic carbocycles. The summed E-state index contributed by atoms with van der Waals surface area (Å²) >= 11 is 0. The molecule has 0 unspecified atom stereocenters. The number of nitrogens with two attached hydrogens (primary N) is 1. The quantitative estimate of drug-likeness (QED) is 0.636. The number of hydrogen-bond acceptors (Lipinski definition) is 5. The van der Waals surface area contributed by atoms with Crippen LogP contribution in [0.15, 0.2) is 18.5 Å². The van der Waals surface area contributed by atoms with Gasteiger partial charge in [0.15, 0.2) is 0 Å². The maximum Gasteiger partial charge on any atom is 0.253 e. The molecule has 0 aliphatic heterocycles. The van der Waals surface area contributed by atoms with E-state index < -0.39 is 10.0 Å². The monoisotopic (exact) mass is 258 g/mol. The first-order valence-corrected chi connectivity index (χ1v) is 6.56. The van der Waals surface area contributed by atoms with Gasteiger partial charge in [-0.1, -0.05) is 0 Å². The summed E-state index contributed by atoms with van der Waals surface area (Å²) in [6, 6.07) is 1.54.